The molecule has 2 aromatic heterocycles. The van der Waals surface area contributed by atoms with E-state index in [1.54, 1.807) is 33.4 Å². The van der Waals surface area contributed by atoms with E-state index >= 15 is 0 Å². The van der Waals surface area contributed by atoms with Crippen LogP contribution in [0.4, 0.5) is 5.69 Å². The third kappa shape index (κ3) is 5.28. The highest BCUT2D eigenvalue weighted by molar-refractivity contribution is 8.00. The van der Waals surface area contributed by atoms with Gasteiger partial charge in [-0.3, -0.25) is 4.79 Å². The zero-order valence-corrected chi connectivity index (χ0v) is 21.2. The van der Waals surface area contributed by atoms with Crippen LogP contribution in [0.2, 0.25) is 0 Å². The minimum Gasteiger partial charge on any atom is -0.325 e. The Morgan fingerprint density at radius 2 is 1.75 bits per heavy atom. The Labute approximate surface area is 214 Å². The zero-order valence-electron chi connectivity index (χ0n) is 19.6. The Morgan fingerprint density at radius 1 is 0.972 bits per heavy atom. The first-order valence-electron chi connectivity index (χ1n) is 11.8. The highest BCUT2D eigenvalue weighted by Gasteiger charge is 2.25. The second kappa shape index (κ2) is 10.8. The summed E-state index contributed by atoms with van der Waals surface area (Å²) < 4.78 is 29.5. The van der Waals surface area contributed by atoms with Gasteiger partial charge in [0.05, 0.1) is 27.9 Å². The largest absolute Gasteiger partial charge is 0.325 e. The molecule has 1 amide bonds. The molecule has 0 saturated carbocycles. The number of fused-ring (bicyclic) bond motifs is 1. The average Bonchev–Trinajstić information content (AvgIpc) is 3.13. The van der Waals surface area contributed by atoms with Crippen LogP contribution in [0.25, 0.3) is 16.7 Å². The van der Waals surface area contributed by atoms with Crippen LogP contribution in [0.3, 0.4) is 0 Å². The van der Waals surface area contributed by atoms with Crippen LogP contribution in [0.5, 0.6) is 0 Å². The van der Waals surface area contributed by atoms with E-state index in [1.807, 2.05) is 30.3 Å². The predicted octanol–water partition coefficient (Wildman–Crippen LogP) is 4.11. The van der Waals surface area contributed by atoms with E-state index in [0.717, 1.165) is 36.8 Å². The van der Waals surface area contributed by atoms with Crippen molar-refractivity contribution in [1.82, 2.24) is 24.1 Å². The number of hydrogen-bond donors (Lipinski definition) is 1. The number of benzene rings is 2. The van der Waals surface area contributed by atoms with Crippen molar-refractivity contribution in [3.63, 3.8) is 0 Å². The number of rotatable bonds is 7. The number of amides is 1. The lowest BCUT2D eigenvalue weighted by Crippen LogP contribution is -2.32. The Kier molecular flexibility index (Phi) is 7.30. The van der Waals surface area contributed by atoms with Gasteiger partial charge in [0.15, 0.2) is 5.65 Å². The number of carbonyl (C=O) groups excluding carboxylic acids is 1. The van der Waals surface area contributed by atoms with Gasteiger partial charge in [-0.15, -0.1) is 0 Å². The van der Waals surface area contributed by atoms with Crippen molar-refractivity contribution in [2.75, 3.05) is 24.2 Å². The zero-order chi connectivity index (χ0) is 25.0. The normalized spacial score (nSPS) is 15.0. The quantitative estimate of drug-likeness (QED) is 0.287. The van der Waals surface area contributed by atoms with Crippen molar-refractivity contribution in [3.05, 3.63) is 67.1 Å². The first kappa shape index (κ1) is 24.4. The van der Waals surface area contributed by atoms with E-state index in [9.17, 15) is 13.2 Å². The SMILES string of the molecule is O=C(CSc1ncnc2c1cnn2-c1ccccc1)Nc1cccc(S(=O)(=O)N2CCCCCC2)c1. The van der Waals surface area contributed by atoms with Crippen LogP contribution < -0.4 is 5.32 Å². The summed E-state index contributed by atoms with van der Waals surface area (Å²) in [5, 5.41) is 8.65. The maximum Gasteiger partial charge on any atom is 0.243 e. The minimum absolute atomic E-state index is 0.103. The summed E-state index contributed by atoms with van der Waals surface area (Å²) >= 11 is 1.28. The van der Waals surface area contributed by atoms with E-state index < -0.39 is 10.0 Å². The van der Waals surface area contributed by atoms with E-state index in [0.29, 0.717) is 29.5 Å². The van der Waals surface area contributed by atoms with Crippen LogP contribution in [0.15, 0.2) is 77.0 Å². The number of thioether (sulfide) groups is 1. The van der Waals surface area contributed by atoms with Crippen molar-refractivity contribution in [2.24, 2.45) is 0 Å². The van der Waals surface area contributed by atoms with E-state index in [1.165, 1.54) is 24.2 Å². The molecule has 36 heavy (non-hydrogen) atoms. The molecule has 11 heteroatoms. The Bertz CT molecular complexity index is 1470. The Morgan fingerprint density at radius 3 is 2.53 bits per heavy atom. The maximum absolute atomic E-state index is 13.1. The number of para-hydroxylation sites is 1. The maximum atomic E-state index is 13.1. The van der Waals surface area contributed by atoms with Crippen LogP contribution >= 0.6 is 11.8 Å². The average molecular weight is 523 g/mol. The molecule has 0 aliphatic carbocycles. The number of aromatic nitrogens is 4. The fourth-order valence-electron chi connectivity index (χ4n) is 4.19. The molecule has 1 aliphatic heterocycles. The molecule has 0 unspecified atom stereocenters. The minimum atomic E-state index is -3.59. The van der Waals surface area contributed by atoms with Crippen molar-refractivity contribution in [1.29, 1.82) is 0 Å². The lowest BCUT2D eigenvalue weighted by atomic mass is 10.2. The first-order valence-corrected chi connectivity index (χ1v) is 14.2. The molecular formula is C25H26N6O3S2. The lowest BCUT2D eigenvalue weighted by molar-refractivity contribution is -0.113. The molecule has 1 N–H and O–H groups in total. The molecule has 0 spiro atoms. The molecule has 0 atom stereocenters. The molecule has 5 rings (SSSR count). The number of hydrogen-bond acceptors (Lipinski definition) is 7. The monoisotopic (exact) mass is 522 g/mol. The van der Waals surface area contributed by atoms with Crippen LogP contribution in [-0.2, 0) is 14.8 Å². The highest BCUT2D eigenvalue weighted by atomic mass is 32.2. The molecule has 1 fully saturated rings. The van der Waals surface area contributed by atoms with Gasteiger partial charge in [0, 0.05) is 18.8 Å². The third-order valence-corrected chi connectivity index (χ3v) is 8.89. The molecule has 2 aromatic carbocycles. The van der Waals surface area contributed by atoms with Crippen molar-refractivity contribution < 1.29 is 13.2 Å². The first-order chi connectivity index (χ1) is 17.5. The van der Waals surface area contributed by atoms with Gasteiger partial charge < -0.3 is 5.32 Å². The smallest absolute Gasteiger partial charge is 0.243 e. The van der Waals surface area contributed by atoms with Crippen LogP contribution in [-0.4, -0.2) is 57.2 Å². The Hall–Kier alpha value is -3.28. The fraction of sp³-hybridized carbons (Fsp3) is 0.280. The fourth-order valence-corrected chi connectivity index (χ4v) is 6.52. The van der Waals surface area contributed by atoms with E-state index in [-0.39, 0.29) is 16.6 Å². The van der Waals surface area contributed by atoms with E-state index in [2.05, 4.69) is 20.4 Å². The molecule has 1 saturated heterocycles. The summed E-state index contributed by atoms with van der Waals surface area (Å²) in [5.74, 6) is -0.155. The molecule has 9 nitrogen and oxygen atoms in total. The molecule has 186 valence electrons. The van der Waals surface area contributed by atoms with Gasteiger partial charge in [0.2, 0.25) is 15.9 Å². The number of carbonyl (C=O) groups is 1. The van der Waals surface area contributed by atoms with Gasteiger partial charge in [-0.25, -0.2) is 23.1 Å². The second-order valence-electron chi connectivity index (χ2n) is 8.49. The number of sulfonamides is 1. The molecule has 3 heterocycles. The second-order valence-corrected chi connectivity index (χ2v) is 11.4. The molecule has 1 aliphatic rings. The van der Waals surface area contributed by atoms with Gasteiger partial charge in [-0.1, -0.05) is 48.9 Å². The molecule has 4 aromatic rings. The molecule has 0 radical (unpaired) electrons. The number of nitrogens with zero attached hydrogens (tertiary/aromatic N) is 5. The van der Waals surface area contributed by atoms with Gasteiger partial charge in [0.25, 0.3) is 0 Å². The van der Waals surface area contributed by atoms with E-state index in [4.69, 9.17) is 0 Å². The van der Waals surface area contributed by atoms with Gasteiger partial charge >= 0.3 is 0 Å². The highest BCUT2D eigenvalue weighted by Crippen LogP contribution is 2.27. The van der Waals surface area contributed by atoms with Crippen molar-refractivity contribution in [2.45, 2.75) is 35.6 Å². The Balaban J connectivity index is 1.27. The summed E-state index contributed by atoms with van der Waals surface area (Å²) in [6.07, 6.45) is 6.98. The molecule has 0 bridgehead atoms. The lowest BCUT2D eigenvalue weighted by Gasteiger charge is -2.20. The van der Waals surface area contributed by atoms with Gasteiger partial charge in [-0.2, -0.15) is 9.40 Å². The van der Waals surface area contributed by atoms with Gasteiger partial charge in [-0.05, 0) is 43.2 Å². The van der Waals surface area contributed by atoms with Crippen LogP contribution in [0.1, 0.15) is 25.7 Å². The summed E-state index contributed by atoms with van der Waals surface area (Å²) in [5.41, 5.74) is 1.99. The summed E-state index contributed by atoms with van der Waals surface area (Å²) in [6.45, 7) is 1.06. The summed E-state index contributed by atoms with van der Waals surface area (Å²) in [6, 6.07) is 16.1. The van der Waals surface area contributed by atoms with Crippen molar-refractivity contribution >= 4 is 44.4 Å². The number of nitrogens with one attached hydrogen (secondary N) is 1. The summed E-state index contributed by atoms with van der Waals surface area (Å²) in [4.78, 5) is 21.6. The topological polar surface area (TPSA) is 110 Å². The summed E-state index contributed by atoms with van der Waals surface area (Å²) in [7, 11) is -3.59. The predicted molar refractivity (Wildman–Crippen MR) is 140 cm³/mol. The molecular weight excluding hydrogens is 496 g/mol. The van der Waals surface area contributed by atoms with Crippen LogP contribution in [0, 0.1) is 0 Å². The third-order valence-electron chi connectivity index (χ3n) is 5.99. The number of anilines is 1. The van der Waals surface area contributed by atoms with Gasteiger partial charge in [0.1, 0.15) is 11.4 Å². The van der Waals surface area contributed by atoms with Crippen molar-refractivity contribution in [3.8, 4) is 5.69 Å². The standard InChI is InChI=1S/C25H26N6O3S2/c32-23(29-19-9-8-12-21(15-19)36(33,34)30-13-6-1-2-7-14-30)17-35-25-22-16-28-31(24(22)26-18-27-25)20-10-4-3-5-11-20/h3-5,8-12,15-16,18H,1-2,6-7,13-14,17H2,(H,29,32).